The molecule has 9 heteroatoms. The van der Waals surface area contributed by atoms with Crippen LogP contribution in [0.5, 0.6) is 11.5 Å². The van der Waals surface area contributed by atoms with Gasteiger partial charge in [-0.2, -0.15) is 0 Å². The van der Waals surface area contributed by atoms with Crippen molar-refractivity contribution in [1.82, 2.24) is 0 Å². The van der Waals surface area contributed by atoms with Crippen molar-refractivity contribution in [3.8, 4) is 11.5 Å². The maximum absolute atomic E-state index is 13.6. The lowest BCUT2D eigenvalue weighted by molar-refractivity contribution is -0.142. The van der Waals surface area contributed by atoms with E-state index in [0.29, 0.717) is 22.7 Å². The Hall–Kier alpha value is -3.88. The van der Waals surface area contributed by atoms with E-state index in [2.05, 4.69) is 10.6 Å². The van der Waals surface area contributed by atoms with Crippen LogP contribution in [0.25, 0.3) is 6.08 Å². The first-order valence-electron chi connectivity index (χ1n) is 8.76. The second kappa shape index (κ2) is 10.6. The molecule has 0 aliphatic heterocycles. The van der Waals surface area contributed by atoms with Gasteiger partial charge in [-0.1, -0.05) is 6.07 Å². The number of hydrogen-bond donors (Lipinski definition) is 2. The Kier molecular flexibility index (Phi) is 7.92. The fraction of sp³-hybridized carbons (Fsp3) is 0.190. The monoisotopic (exact) mass is 416 g/mol. The Morgan fingerprint density at radius 3 is 2.33 bits per heavy atom. The normalized spacial score (nSPS) is 10.4. The topological polar surface area (TPSA) is 103 Å². The van der Waals surface area contributed by atoms with Crippen LogP contribution in [0, 0.1) is 5.82 Å². The molecule has 0 saturated heterocycles. The Balaban J connectivity index is 1.93. The molecule has 158 valence electrons. The third kappa shape index (κ3) is 6.62. The van der Waals surface area contributed by atoms with E-state index >= 15 is 0 Å². The smallest absolute Gasteiger partial charge is 0.331 e. The van der Waals surface area contributed by atoms with E-state index < -0.39 is 24.3 Å². The van der Waals surface area contributed by atoms with Crippen LogP contribution < -0.4 is 20.1 Å². The first-order valence-corrected chi connectivity index (χ1v) is 8.76. The number of hydrogen-bond acceptors (Lipinski definition) is 6. The molecule has 0 fully saturated rings. The van der Waals surface area contributed by atoms with E-state index in [9.17, 15) is 18.8 Å². The van der Waals surface area contributed by atoms with Gasteiger partial charge in [-0.25, -0.2) is 9.18 Å². The fourth-order valence-electron chi connectivity index (χ4n) is 2.41. The van der Waals surface area contributed by atoms with Crippen LogP contribution in [-0.2, 0) is 19.1 Å². The summed E-state index contributed by atoms with van der Waals surface area (Å²) in [7, 11) is 2.78. The van der Waals surface area contributed by atoms with Crippen LogP contribution in [0.15, 0.2) is 42.5 Å². The predicted molar refractivity (Wildman–Crippen MR) is 109 cm³/mol. The van der Waals surface area contributed by atoms with E-state index in [1.54, 1.807) is 18.2 Å². The molecule has 0 heterocycles. The van der Waals surface area contributed by atoms with Crippen molar-refractivity contribution < 1.29 is 33.0 Å². The van der Waals surface area contributed by atoms with Crippen molar-refractivity contribution in [3.05, 3.63) is 53.9 Å². The molecule has 2 aromatic rings. The maximum atomic E-state index is 13.6. The highest BCUT2D eigenvalue weighted by molar-refractivity contribution is 5.97. The number of esters is 1. The Morgan fingerprint density at radius 1 is 1.00 bits per heavy atom. The molecule has 0 atom stereocenters. The number of amides is 2. The second-order valence-corrected chi connectivity index (χ2v) is 5.98. The van der Waals surface area contributed by atoms with Gasteiger partial charge in [0.25, 0.3) is 5.91 Å². The zero-order valence-corrected chi connectivity index (χ0v) is 16.7. The lowest BCUT2D eigenvalue weighted by atomic mass is 10.2. The molecule has 2 N–H and O–H groups in total. The summed E-state index contributed by atoms with van der Waals surface area (Å²) in [4.78, 5) is 35.1. The average Bonchev–Trinajstić information content (AvgIpc) is 2.70. The molecule has 2 aromatic carbocycles. The van der Waals surface area contributed by atoms with E-state index in [-0.39, 0.29) is 11.7 Å². The molecule has 0 saturated carbocycles. The summed E-state index contributed by atoms with van der Waals surface area (Å²) in [6.07, 6.45) is 2.43. The fourth-order valence-corrected chi connectivity index (χ4v) is 2.41. The standard InChI is InChI=1S/C21H21FN2O6/c1-13(25)23-15-6-8-19(29-3)17(11-15)24-20(26)12-30-21(27)9-5-14-4-7-18(28-2)16(22)10-14/h4-11H,12H2,1-3H3,(H,23,25)(H,24,26)/b9-5+. The molecule has 2 amide bonds. The number of ether oxygens (including phenoxy) is 3. The molecular formula is C21H21FN2O6. The Bertz CT molecular complexity index is 974. The van der Waals surface area contributed by atoms with Crippen LogP contribution in [0.3, 0.4) is 0 Å². The summed E-state index contributed by atoms with van der Waals surface area (Å²) in [5, 5.41) is 5.13. The summed E-state index contributed by atoms with van der Waals surface area (Å²) in [6, 6.07) is 8.89. The molecule has 8 nitrogen and oxygen atoms in total. The first kappa shape index (κ1) is 22.4. The Morgan fingerprint density at radius 2 is 1.70 bits per heavy atom. The van der Waals surface area contributed by atoms with Gasteiger partial charge in [-0.15, -0.1) is 0 Å². The highest BCUT2D eigenvalue weighted by atomic mass is 19.1. The number of methoxy groups -OCH3 is 2. The molecule has 0 radical (unpaired) electrons. The van der Waals surface area contributed by atoms with Crippen molar-refractivity contribution in [2.75, 3.05) is 31.5 Å². The SMILES string of the molecule is COc1ccc(/C=C/C(=O)OCC(=O)Nc2cc(NC(C)=O)ccc2OC)cc1F. The van der Waals surface area contributed by atoms with Gasteiger partial charge in [0, 0.05) is 18.7 Å². The largest absolute Gasteiger partial charge is 0.495 e. The zero-order chi connectivity index (χ0) is 22.1. The minimum absolute atomic E-state index is 0.0874. The predicted octanol–water partition coefficient (Wildman–Crippen LogP) is 3.00. The molecule has 0 unspecified atom stereocenters. The molecule has 0 aromatic heterocycles. The quantitative estimate of drug-likeness (QED) is 0.507. The van der Waals surface area contributed by atoms with E-state index in [0.717, 1.165) is 6.08 Å². The summed E-state index contributed by atoms with van der Waals surface area (Å²) in [5.41, 5.74) is 1.19. The lowest BCUT2D eigenvalue weighted by Gasteiger charge is -2.12. The number of benzene rings is 2. The van der Waals surface area contributed by atoms with Gasteiger partial charge in [-0.3, -0.25) is 9.59 Å². The molecule has 0 spiro atoms. The number of carbonyl (C=O) groups excluding carboxylic acids is 3. The minimum Gasteiger partial charge on any atom is -0.495 e. The molecule has 30 heavy (non-hydrogen) atoms. The van der Waals surface area contributed by atoms with Gasteiger partial charge in [0.1, 0.15) is 5.75 Å². The molecule has 2 rings (SSSR count). The van der Waals surface area contributed by atoms with Gasteiger partial charge >= 0.3 is 5.97 Å². The maximum Gasteiger partial charge on any atom is 0.331 e. The number of anilines is 2. The van der Waals surface area contributed by atoms with Gasteiger partial charge in [-0.05, 0) is 42.0 Å². The van der Waals surface area contributed by atoms with Crippen molar-refractivity contribution in [2.45, 2.75) is 6.92 Å². The van der Waals surface area contributed by atoms with Crippen molar-refractivity contribution >= 4 is 35.2 Å². The van der Waals surface area contributed by atoms with Crippen molar-refractivity contribution in [2.24, 2.45) is 0 Å². The van der Waals surface area contributed by atoms with E-state index in [4.69, 9.17) is 14.2 Å². The zero-order valence-electron chi connectivity index (χ0n) is 16.7. The van der Waals surface area contributed by atoms with Crippen LogP contribution in [0.2, 0.25) is 0 Å². The molecular weight excluding hydrogens is 395 g/mol. The third-order valence-corrected chi connectivity index (χ3v) is 3.73. The van der Waals surface area contributed by atoms with Crippen LogP contribution in [0.1, 0.15) is 12.5 Å². The Labute approximate surface area is 172 Å². The van der Waals surface area contributed by atoms with Crippen LogP contribution in [0.4, 0.5) is 15.8 Å². The first-order chi connectivity index (χ1) is 14.3. The number of carbonyl (C=O) groups is 3. The third-order valence-electron chi connectivity index (χ3n) is 3.73. The van der Waals surface area contributed by atoms with Gasteiger partial charge in [0.2, 0.25) is 5.91 Å². The molecule has 0 aliphatic carbocycles. The van der Waals surface area contributed by atoms with Crippen molar-refractivity contribution in [1.29, 1.82) is 0 Å². The number of halogens is 1. The highest BCUT2D eigenvalue weighted by Gasteiger charge is 2.11. The van der Waals surface area contributed by atoms with Crippen LogP contribution in [-0.4, -0.2) is 38.6 Å². The average molecular weight is 416 g/mol. The summed E-state index contributed by atoms with van der Waals surface area (Å²) >= 11 is 0. The summed E-state index contributed by atoms with van der Waals surface area (Å²) in [5.74, 6) is -1.77. The molecule has 0 bridgehead atoms. The molecule has 0 aliphatic rings. The highest BCUT2D eigenvalue weighted by Crippen LogP contribution is 2.27. The minimum atomic E-state index is -0.777. The van der Waals surface area contributed by atoms with Crippen LogP contribution >= 0.6 is 0 Å². The van der Waals surface area contributed by atoms with E-state index in [1.165, 1.54) is 45.4 Å². The lowest BCUT2D eigenvalue weighted by Crippen LogP contribution is -2.20. The number of nitrogens with one attached hydrogen (secondary N) is 2. The van der Waals surface area contributed by atoms with E-state index in [1.807, 2.05) is 0 Å². The van der Waals surface area contributed by atoms with Gasteiger partial charge < -0.3 is 24.8 Å². The summed E-state index contributed by atoms with van der Waals surface area (Å²) in [6.45, 7) is 0.809. The second-order valence-electron chi connectivity index (χ2n) is 5.98. The summed E-state index contributed by atoms with van der Waals surface area (Å²) < 4.78 is 28.5. The van der Waals surface area contributed by atoms with Gasteiger partial charge in [0.15, 0.2) is 18.2 Å². The number of rotatable bonds is 8. The van der Waals surface area contributed by atoms with Gasteiger partial charge in [0.05, 0.1) is 19.9 Å². The van der Waals surface area contributed by atoms with Crippen molar-refractivity contribution in [3.63, 3.8) is 0 Å².